The number of para-hydroxylation sites is 1. The lowest BCUT2D eigenvalue weighted by Gasteiger charge is -2.20. The van der Waals surface area contributed by atoms with Crippen LogP contribution in [0.3, 0.4) is 0 Å². The number of hydrogen-bond acceptors (Lipinski definition) is 4. The summed E-state index contributed by atoms with van der Waals surface area (Å²) >= 11 is 0. The van der Waals surface area contributed by atoms with Gasteiger partial charge < -0.3 is 20.3 Å². The lowest BCUT2D eigenvalue weighted by Crippen LogP contribution is -2.43. The highest BCUT2D eigenvalue weighted by Gasteiger charge is 2.32. The van der Waals surface area contributed by atoms with Crippen LogP contribution in [0.25, 0.3) is 0 Å². The fourth-order valence-electron chi connectivity index (χ4n) is 1.74. The zero-order valence-electron chi connectivity index (χ0n) is 9.35. The molecule has 0 radical (unpaired) electrons. The number of benzene rings is 1. The summed E-state index contributed by atoms with van der Waals surface area (Å²) in [7, 11) is 0. The predicted molar refractivity (Wildman–Crippen MR) is 60.8 cm³/mol. The van der Waals surface area contributed by atoms with Gasteiger partial charge >= 0.3 is 0 Å². The number of hydrogen-bond donors (Lipinski definition) is 3. The van der Waals surface area contributed by atoms with Crippen LogP contribution in [0.1, 0.15) is 16.8 Å². The van der Waals surface area contributed by atoms with Crippen LogP contribution in [-0.4, -0.2) is 41.5 Å². The first kappa shape index (κ1) is 11.9. The Hall–Kier alpha value is -1.59. The molecule has 5 heteroatoms. The maximum atomic E-state index is 11.7. The second-order valence-corrected chi connectivity index (χ2v) is 4.23. The second-order valence-electron chi connectivity index (χ2n) is 4.23. The predicted octanol–water partition coefficient (Wildman–Crippen LogP) is 0.273. The zero-order valence-corrected chi connectivity index (χ0v) is 9.35. The topological polar surface area (TPSA) is 78.8 Å². The minimum atomic E-state index is -0.986. The molecule has 1 fully saturated rings. The van der Waals surface area contributed by atoms with E-state index in [1.54, 1.807) is 12.1 Å². The van der Waals surface area contributed by atoms with Crippen molar-refractivity contribution in [2.75, 3.05) is 19.8 Å². The van der Waals surface area contributed by atoms with Crippen molar-refractivity contribution >= 4 is 5.91 Å². The van der Waals surface area contributed by atoms with Crippen LogP contribution in [0.15, 0.2) is 24.3 Å². The molecule has 2 rings (SSSR count). The lowest BCUT2D eigenvalue weighted by molar-refractivity contribution is 0.0264. The molecule has 1 amide bonds. The van der Waals surface area contributed by atoms with Gasteiger partial charge in [0.2, 0.25) is 0 Å². The molecular weight excluding hydrogens is 222 g/mol. The van der Waals surface area contributed by atoms with Crippen LogP contribution in [0.2, 0.25) is 0 Å². The molecule has 1 aromatic carbocycles. The molecule has 1 saturated heterocycles. The van der Waals surface area contributed by atoms with Crippen LogP contribution in [0.5, 0.6) is 5.75 Å². The van der Waals surface area contributed by atoms with Gasteiger partial charge in [-0.1, -0.05) is 12.1 Å². The largest absolute Gasteiger partial charge is 0.507 e. The van der Waals surface area contributed by atoms with Crippen LogP contribution >= 0.6 is 0 Å². The van der Waals surface area contributed by atoms with Gasteiger partial charge in [-0.05, 0) is 12.1 Å². The van der Waals surface area contributed by atoms with E-state index in [0.717, 1.165) is 0 Å². The van der Waals surface area contributed by atoms with Crippen molar-refractivity contribution in [1.29, 1.82) is 0 Å². The molecule has 1 heterocycles. The van der Waals surface area contributed by atoms with Crippen molar-refractivity contribution in [3.63, 3.8) is 0 Å². The Morgan fingerprint density at radius 1 is 1.47 bits per heavy atom. The molecule has 1 aliphatic heterocycles. The minimum absolute atomic E-state index is 0.0698. The molecule has 5 nitrogen and oxygen atoms in total. The van der Waals surface area contributed by atoms with Crippen LogP contribution in [0.4, 0.5) is 0 Å². The van der Waals surface area contributed by atoms with Gasteiger partial charge in [0.25, 0.3) is 5.91 Å². The van der Waals surface area contributed by atoms with Gasteiger partial charge in [0.05, 0.1) is 12.2 Å². The number of aliphatic hydroxyl groups is 1. The summed E-state index contributed by atoms with van der Waals surface area (Å²) in [5.74, 6) is -0.469. The van der Waals surface area contributed by atoms with E-state index in [9.17, 15) is 15.0 Å². The molecule has 1 atom stereocenters. The third-order valence-electron chi connectivity index (χ3n) is 2.81. The molecule has 1 aromatic rings. The Kier molecular flexibility index (Phi) is 3.31. The first-order valence-corrected chi connectivity index (χ1v) is 5.47. The summed E-state index contributed by atoms with van der Waals surface area (Å²) in [4.78, 5) is 11.7. The highest BCUT2D eigenvalue weighted by molar-refractivity contribution is 5.96. The number of carbonyl (C=O) groups is 1. The van der Waals surface area contributed by atoms with Gasteiger partial charge in [0, 0.05) is 19.6 Å². The Balaban J connectivity index is 1.96. The van der Waals surface area contributed by atoms with E-state index in [4.69, 9.17) is 4.74 Å². The summed E-state index contributed by atoms with van der Waals surface area (Å²) in [6.45, 7) is 0.858. The van der Waals surface area contributed by atoms with Crippen LogP contribution < -0.4 is 5.32 Å². The summed E-state index contributed by atoms with van der Waals surface area (Å²) in [6, 6.07) is 6.29. The number of nitrogens with one attached hydrogen (secondary N) is 1. The number of phenols is 1. The molecule has 1 unspecified atom stereocenters. The monoisotopic (exact) mass is 237 g/mol. The quantitative estimate of drug-likeness (QED) is 0.705. The van der Waals surface area contributed by atoms with Crippen molar-refractivity contribution in [3.05, 3.63) is 29.8 Å². The van der Waals surface area contributed by atoms with E-state index in [1.165, 1.54) is 12.1 Å². The maximum absolute atomic E-state index is 11.7. The Bertz CT molecular complexity index is 413. The van der Waals surface area contributed by atoms with Crippen molar-refractivity contribution in [1.82, 2.24) is 5.32 Å². The van der Waals surface area contributed by atoms with Gasteiger partial charge in [-0.15, -0.1) is 0 Å². The number of ether oxygens (including phenoxy) is 1. The van der Waals surface area contributed by atoms with Crippen molar-refractivity contribution in [2.24, 2.45) is 0 Å². The molecule has 17 heavy (non-hydrogen) atoms. The van der Waals surface area contributed by atoms with E-state index in [1.807, 2.05) is 0 Å². The van der Waals surface area contributed by atoms with Crippen LogP contribution in [0, 0.1) is 0 Å². The first-order chi connectivity index (χ1) is 8.11. The van der Waals surface area contributed by atoms with Crippen molar-refractivity contribution in [2.45, 2.75) is 12.0 Å². The molecule has 0 aromatic heterocycles. The highest BCUT2D eigenvalue weighted by Crippen LogP contribution is 2.18. The average molecular weight is 237 g/mol. The van der Waals surface area contributed by atoms with E-state index < -0.39 is 11.5 Å². The number of aromatic hydroxyl groups is 1. The van der Waals surface area contributed by atoms with E-state index >= 15 is 0 Å². The smallest absolute Gasteiger partial charge is 0.255 e. The summed E-state index contributed by atoms with van der Waals surface area (Å²) < 4.78 is 5.07. The molecule has 3 N–H and O–H groups in total. The Labute approximate surface area is 99.0 Å². The highest BCUT2D eigenvalue weighted by atomic mass is 16.5. The van der Waals surface area contributed by atoms with Crippen molar-refractivity contribution in [3.8, 4) is 5.75 Å². The summed E-state index contributed by atoms with van der Waals surface area (Å²) in [6.07, 6.45) is 0.508. The molecule has 0 bridgehead atoms. The zero-order chi connectivity index (χ0) is 12.3. The average Bonchev–Trinajstić information content (AvgIpc) is 2.74. The fraction of sp³-hybridized carbons (Fsp3) is 0.417. The fourth-order valence-corrected chi connectivity index (χ4v) is 1.74. The normalized spacial score (nSPS) is 23.6. The molecular formula is C12H15NO4. The third kappa shape index (κ3) is 2.75. The second kappa shape index (κ2) is 4.73. The Morgan fingerprint density at radius 2 is 2.24 bits per heavy atom. The number of carbonyl (C=O) groups excluding carboxylic acids is 1. The molecule has 0 aliphatic carbocycles. The molecule has 92 valence electrons. The lowest BCUT2D eigenvalue weighted by atomic mass is 10.0. The Morgan fingerprint density at radius 3 is 2.88 bits per heavy atom. The standard InChI is InChI=1S/C12H15NO4/c14-10-4-2-1-3-9(10)11(15)13-7-12(16)5-6-17-8-12/h1-4,14,16H,5-8H2,(H,13,15). The van der Waals surface area contributed by atoms with Gasteiger partial charge in [-0.2, -0.15) is 0 Å². The SMILES string of the molecule is O=C(NCC1(O)CCOC1)c1ccccc1O. The van der Waals surface area contributed by atoms with E-state index in [0.29, 0.717) is 13.0 Å². The molecule has 0 spiro atoms. The maximum Gasteiger partial charge on any atom is 0.255 e. The summed E-state index contributed by atoms with van der Waals surface area (Å²) in [5, 5.41) is 22.0. The van der Waals surface area contributed by atoms with Gasteiger partial charge in [0.15, 0.2) is 0 Å². The van der Waals surface area contributed by atoms with Gasteiger partial charge in [-0.3, -0.25) is 4.79 Å². The molecule has 1 aliphatic rings. The summed E-state index contributed by atoms with van der Waals surface area (Å²) in [5.41, 5.74) is -0.782. The van der Waals surface area contributed by atoms with E-state index in [-0.39, 0.29) is 24.5 Å². The van der Waals surface area contributed by atoms with Gasteiger partial charge in [-0.25, -0.2) is 0 Å². The molecule has 0 saturated carbocycles. The van der Waals surface area contributed by atoms with Crippen LogP contribution in [-0.2, 0) is 4.74 Å². The number of rotatable bonds is 3. The third-order valence-corrected chi connectivity index (χ3v) is 2.81. The number of phenolic OH excluding ortho intramolecular Hbond substituents is 1. The van der Waals surface area contributed by atoms with E-state index in [2.05, 4.69) is 5.32 Å². The van der Waals surface area contributed by atoms with Crippen molar-refractivity contribution < 1.29 is 19.7 Å². The number of amides is 1. The first-order valence-electron chi connectivity index (χ1n) is 5.47. The minimum Gasteiger partial charge on any atom is -0.507 e. The van der Waals surface area contributed by atoms with Gasteiger partial charge in [0.1, 0.15) is 11.4 Å².